The Kier molecular flexibility index (Phi) is 5.50. The second kappa shape index (κ2) is 7.14. The first-order chi connectivity index (χ1) is 8.85. The van der Waals surface area contributed by atoms with Gasteiger partial charge in [0.25, 0.3) is 0 Å². The lowest BCUT2D eigenvalue weighted by atomic mass is 9.76. The summed E-state index contributed by atoms with van der Waals surface area (Å²) < 4.78 is 0. The highest BCUT2D eigenvalue weighted by molar-refractivity contribution is 4.97. The van der Waals surface area contributed by atoms with Crippen molar-refractivity contribution < 1.29 is 0 Å². The predicted octanol–water partition coefficient (Wildman–Crippen LogP) is 3.97. The molecule has 0 radical (unpaired) electrons. The van der Waals surface area contributed by atoms with Crippen LogP contribution in [0.5, 0.6) is 0 Å². The SMILES string of the molecule is CCCC1CCC(C#N)C(N2CCCCCC2)C1. The number of likely N-dealkylation sites (tertiary alicyclic amines) is 1. The highest BCUT2D eigenvalue weighted by Crippen LogP contribution is 2.35. The van der Waals surface area contributed by atoms with Gasteiger partial charge < -0.3 is 0 Å². The van der Waals surface area contributed by atoms with E-state index in [0.29, 0.717) is 12.0 Å². The fraction of sp³-hybridized carbons (Fsp3) is 0.938. The van der Waals surface area contributed by atoms with Crippen LogP contribution in [-0.2, 0) is 0 Å². The summed E-state index contributed by atoms with van der Waals surface area (Å²) in [5, 5.41) is 9.40. The Hall–Kier alpha value is -0.550. The zero-order chi connectivity index (χ0) is 12.8. The van der Waals surface area contributed by atoms with Crippen LogP contribution < -0.4 is 0 Å². The van der Waals surface area contributed by atoms with E-state index < -0.39 is 0 Å². The smallest absolute Gasteiger partial charge is 0.0672 e. The number of nitriles is 1. The molecule has 2 heteroatoms. The van der Waals surface area contributed by atoms with Gasteiger partial charge in [-0.1, -0.05) is 32.6 Å². The largest absolute Gasteiger partial charge is 0.299 e. The number of hydrogen-bond acceptors (Lipinski definition) is 2. The van der Waals surface area contributed by atoms with Gasteiger partial charge in [0.05, 0.1) is 12.0 Å². The van der Waals surface area contributed by atoms with E-state index in [2.05, 4.69) is 17.9 Å². The number of hydrogen-bond donors (Lipinski definition) is 0. The molecule has 2 aliphatic rings. The molecule has 1 saturated heterocycles. The molecule has 2 fully saturated rings. The van der Waals surface area contributed by atoms with E-state index in [1.807, 2.05) is 0 Å². The highest BCUT2D eigenvalue weighted by Gasteiger charge is 2.34. The van der Waals surface area contributed by atoms with Crippen LogP contribution in [0.25, 0.3) is 0 Å². The molecule has 0 bridgehead atoms. The van der Waals surface area contributed by atoms with Crippen LogP contribution >= 0.6 is 0 Å². The molecule has 0 spiro atoms. The molecule has 2 nitrogen and oxygen atoms in total. The summed E-state index contributed by atoms with van der Waals surface area (Å²) in [6, 6.07) is 3.16. The minimum absolute atomic E-state index is 0.302. The van der Waals surface area contributed by atoms with Crippen molar-refractivity contribution in [2.45, 2.75) is 70.8 Å². The normalized spacial score (nSPS) is 34.8. The summed E-state index contributed by atoms with van der Waals surface area (Å²) in [6.07, 6.45) is 11.8. The van der Waals surface area contributed by atoms with Crippen LogP contribution in [0.3, 0.4) is 0 Å². The van der Waals surface area contributed by atoms with Gasteiger partial charge in [0.1, 0.15) is 0 Å². The standard InChI is InChI=1S/C16H28N2/c1-2-7-14-8-9-15(13-17)16(12-14)18-10-5-3-4-6-11-18/h14-16H,2-12H2,1H3. The van der Waals surface area contributed by atoms with Gasteiger partial charge >= 0.3 is 0 Å². The van der Waals surface area contributed by atoms with Gasteiger partial charge in [0.15, 0.2) is 0 Å². The van der Waals surface area contributed by atoms with E-state index in [4.69, 9.17) is 0 Å². The molecule has 18 heavy (non-hydrogen) atoms. The van der Waals surface area contributed by atoms with E-state index in [9.17, 15) is 5.26 Å². The van der Waals surface area contributed by atoms with Crippen molar-refractivity contribution in [2.75, 3.05) is 13.1 Å². The van der Waals surface area contributed by atoms with E-state index in [-0.39, 0.29) is 0 Å². The lowest BCUT2D eigenvalue weighted by Gasteiger charge is -2.40. The molecule has 1 saturated carbocycles. The molecular weight excluding hydrogens is 220 g/mol. The Morgan fingerprint density at radius 3 is 2.44 bits per heavy atom. The Bertz CT molecular complexity index is 273. The Labute approximate surface area is 112 Å². The van der Waals surface area contributed by atoms with E-state index in [1.165, 1.54) is 64.5 Å². The molecule has 1 heterocycles. The van der Waals surface area contributed by atoms with Crippen molar-refractivity contribution >= 4 is 0 Å². The zero-order valence-electron chi connectivity index (χ0n) is 11.9. The van der Waals surface area contributed by atoms with Crippen LogP contribution in [0.4, 0.5) is 0 Å². The topological polar surface area (TPSA) is 27.0 Å². The van der Waals surface area contributed by atoms with Crippen LogP contribution in [0.15, 0.2) is 0 Å². The molecule has 0 aromatic rings. The minimum Gasteiger partial charge on any atom is -0.299 e. The fourth-order valence-electron chi connectivity index (χ4n) is 3.88. The van der Waals surface area contributed by atoms with Gasteiger partial charge in [-0.25, -0.2) is 0 Å². The third-order valence-corrected chi connectivity index (χ3v) is 4.90. The highest BCUT2D eigenvalue weighted by atomic mass is 15.2. The first-order valence-corrected chi connectivity index (χ1v) is 7.98. The minimum atomic E-state index is 0.302. The average molecular weight is 248 g/mol. The van der Waals surface area contributed by atoms with Gasteiger partial charge in [-0.05, 0) is 51.1 Å². The molecule has 1 aliphatic heterocycles. The second-order valence-corrected chi connectivity index (χ2v) is 6.22. The van der Waals surface area contributed by atoms with Crippen LogP contribution in [0.1, 0.15) is 64.7 Å². The van der Waals surface area contributed by atoms with E-state index >= 15 is 0 Å². The molecule has 3 unspecified atom stereocenters. The average Bonchev–Trinajstić information content (AvgIpc) is 2.68. The number of nitrogens with zero attached hydrogens (tertiary/aromatic N) is 2. The van der Waals surface area contributed by atoms with Crippen molar-refractivity contribution in [3.8, 4) is 6.07 Å². The molecule has 0 aromatic carbocycles. The van der Waals surface area contributed by atoms with Gasteiger partial charge in [-0.15, -0.1) is 0 Å². The lowest BCUT2D eigenvalue weighted by Crippen LogP contribution is -2.44. The molecule has 0 N–H and O–H groups in total. The van der Waals surface area contributed by atoms with Crippen LogP contribution in [-0.4, -0.2) is 24.0 Å². The van der Waals surface area contributed by atoms with Crippen LogP contribution in [0.2, 0.25) is 0 Å². The van der Waals surface area contributed by atoms with Gasteiger partial charge in [-0.2, -0.15) is 5.26 Å². The first-order valence-electron chi connectivity index (χ1n) is 7.98. The quantitative estimate of drug-likeness (QED) is 0.755. The summed E-state index contributed by atoms with van der Waals surface area (Å²) in [5.74, 6) is 1.18. The summed E-state index contributed by atoms with van der Waals surface area (Å²) in [6.45, 7) is 4.76. The molecule has 3 atom stereocenters. The van der Waals surface area contributed by atoms with E-state index in [1.54, 1.807) is 0 Å². The molecular formula is C16H28N2. The Morgan fingerprint density at radius 2 is 1.83 bits per heavy atom. The summed E-state index contributed by atoms with van der Waals surface area (Å²) in [7, 11) is 0. The van der Waals surface area contributed by atoms with E-state index in [0.717, 1.165) is 12.3 Å². The molecule has 102 valence electrons. The maximum absolute atomic E-state index is 9.40. The van der Waals surface area contributed by atoms with Gasteiger partial charge in [0.2, 0.25) is 0 Å². The second-order valence-electron chi connectivity index (χ2n) is 6.22. The molecule has 0 amide bonds. The molecule has 1 aliphatic carbocycles. The van der Waals surface area contributed by atoms with Crippen molar-refractivity contribution in [3.05, 3.63) is 0 Å². The zero-order valence-corrected chi connectivity index (χ0v) is 11.9. The molecule has 2 rings (SSSR count). The summed E-state index contributed by atoms with van der Waals surface area (Å²) >= 11 is 0. The van der Waals surface area contributed by atoms with Gasteiger partial charge in [0, 0.05) is 6.04 Å². The third-order valence-electron chi connectivity index (χ3n) is 4.90. The predicted molar refractivity (Wildman–Crippen MR) is 75.2 cm³/mol. The maximum Gasteiger partial charge on any atom is 0.0672 e. The Morgan fingerprint density at radius 1 is 1.11 bits per heavy atom. The number of rotatable bonds is 3. The lowest BCUT2D eigenvalue weighted by molar-refractivity contribution is 0.101. The van der Waals surface area contributed by atoms with Crippen molar-refractivity contribution in [3.63, 3.8) is 0 Å². The Balaban J connectivity index is 1.98. The van der Waals surface area contributed by atoms with Crippen molar-refractivity contribution in [2.24, 2.45) is 11.8 Å². The maximum atomic E-state index is 9.40. The van der Waals surface area contributed by atoms with Crippen LogP contribution in [0, 0.1) is 23.2 Å². The first kappa shape index (κ1) is 13.9. The third kappa shape index (κ3) is 3.48. The van der Waals surface area contributed by atoms with Gasteiger partial charge in [-0.3, -0.25) is 4.90 Å². The summed E-state index contributed by atoms with van der Waals surface area (Å²) in [4.78, 5) is 2.66. The summed E-state index contributed by atoms with van der Waals surface area (Å²) in [5.41, 5.74) is 0. The van der Waals surface area contributed by atoms with Crippen molar-refractivity contribution in [1.29, 1.82) is 5.26 Å². The monoisotopic (exact) mass is 248 g/mol. The van der Waals surface area contributed by atoms with Crippen molar-refractivity contribution in [1.82, 2.24) is 4.90 Å². The fourth-order valence-corrected chi connectivity index (χ4v) is 3.88. The molecule has 0 aromatic heterocycles.